The van der Waals surface area contributed by atoms with Gasteiger partial charge in [0.25, 0.3) is 5.91 Å². The van der Waals surface area contributed by atoms with E-state index in [1.807, 2.05) is 0 Å². The number of amides is 1. The maximum Gasteiger partial charge on any atom is 0.435 e. The van der Waals surface area contributed by atoms with Gasteiger partial charge < -0.3 is 9.64 Å². The lowest BCUT2D eigenvalue weighted by atomic mass is 9.60. The van der Waals surface area contributed by atoms with Crippen LogP contribution in [0.25, 0.3) is 11.3 Å². The number of hydrogen-bond acceptors (Lipinski definition) is 3. The fraction of sp³-hybridized carbons (Fsp3) is 0.407. The number of benzene rings is 2. The molecule has 0 unspecified atom stereocenters. The summed E-state index contributed by atoms with van der Waals surface area (Å²) in [6, 6.07) is 8.30. The van der Waals surface area contributed by atoms with Crippen LogP contribution in [0.5, 0.6) is 5.75 Å². The van der Waals surface area contributed by atoms with E-state index in [0.717, 1.165) is 29.7 Å². The van der Waals surface area contributed by atoms with E-state index >= 15 is 0 Å². The molecule has 2 heterocycles. The lowest BCUT2D eigenvalue weighted by molar-refractivity contribution is -0.142. The molecule has 6 rings (SSSR count). The van der Waals surface area contributed by atoms with Crippen LogP contribution in [0, 0.1) is 11.2 Å². The summed E-state index contributed by atoms with van der Waals surface area (Å²) in [6.45, 7) is 0.648. The van der Waals surface area contributed by atoms with Gasteiger partial charge in [-0.3, -0.25) is 9.48 Å². The van der Waals surface area contributed by atoms with Gasteiger partial charge in [-0.15, -0.1) is 0 Å². The summed E-state index contributed by atoms with van der Waals surface area (Å²) in [7, 11) is 0. The van der Waals surface area contributed by atoms with Gasteiger partial charge in [0.05, 0.1) is 29.0 Å². The van der Waals surface area contributed by atoms with Crippen molar-refractivity contribution >= 4 is 5.91 Å². The van der Waals surface area contributed by atoms with Gasteiger partial charge in [-0.25, -0.2) is 4.39 Å². The summed E-state index contributed by atoms with van der Waals surface area (Å²) in [5, 5.41) is 3.67. The number of aromatic nitrogens is 2. The number of nitrogens with zero attached hydrogens (tertiary/aromatic N) is 3. The molecule has 5 nitrogen and oxygen atoms in total. The van der Waals surface area contributed by atoms with Gasteiger partial charge in [0.2, 0.25) is 0 Å². The van der Waals surface area contributed by atoms with Crippen molar-refractivity contribution in [2.24, 2.45) is 5.41 Å². The smallest absolute Gasteiger partial charge is 0.435 e. The Morgan fingerprint density at radius 2 is 1.64 bits per heavy atom. The summed E-state index contributed by atoms with van der Waals surface area (Å²) in [6.07, 6.45) is -7.27. The normalized spacial score (nSPS) is 19.1. The van der Waals surface area contributed by atoms with Crippen LogP contribution in [0.1, 0.15) is 53.3 Å². The van der Waals surface area contributed by atoms with E-state index in [-0.39, 0.29) is 40.0 Å². The van der Waals surface area contributed by atoms with Gasteiger partial charge in [-0.05, 0) is 49.9 Å². The SMILES string of the molecule is O=C(c1ccc(F)cc1OC1CC1)N1CC2(CC(n3nc(C(F)(F)F)cc3-c3ccccc3C(F)(F)F)C2)C1. The lowest BCUT2D eigenvalue weighted by Crippen LogP contribution is -2.63. The Hall–Kier alpha value is -3.57. The molecule has 0 radical (unpaired) electrons. The maximum atomic E-state index is 13.7. The van der Waals surface area contributed by atoms with Crippen molar-refractivity contribution in [3.05, 3.63) is 71.2 Å². The molecule has 3 fully saturated rings. The number of likely N-dealkylation sites (tertiary alicyclic amines) is 1. The molecule has 206 valence electrons. The van der Waals surface area contributed by atoms with E-state index in [0.29, 0.717) is 32.0 Å². The summed E-state index contributed by atoms with van der Waals surface area (Å²) in [5.74, 6) is -0.679. The van der Waals surface area contributed by atoms with Gasteiger partial charge in [0, 0.05) is 30.1 Å². The number of halogens is 7. The van der Waals surface area contributed by atoms with Crippen molar-refractivity contribution in [1.82, 2.24) is 14.7 Å². The molecule has 2 aliphatic carbocycles. The second-order valence-electron chi connectivity index (χ2n) is 10.6. The summed E-state index contributed by atoms with van der Waals surface area (Å²) < 4.78 is 102. The van der Waals surface area contributed by atoms with E-state index < -0.39 is 35.5 Å². The number of ether oxygens (including phenoxy) is 1. The molecule has 0 bridgehead atoms. The molecule has 1 aliphatic heterocycles. The van der Waals surface area contributed by atoms with Gasteiger partial charge in [0.15, 0.2) is 5.69 Å². The van der Waals surface area contributed by atoms with E-state index in [1.165, 1.54) is 30.3 Å². The van der Waals surface area contributed by atoms with E-state index in [2.05, 4.69) is 5.10 Å². The number of carbonyl (C=O) groups is 1. The molecule has 1 spiro atoms. The Morgan fingerprint density at radius 3 is 2.28 bits per heavy atom. The second-order valence-corrected chi connectivity index (χ2v) is 10.6. The molecule has 3 aliphatic rings. The Labute approximate surface area is 218 Å². The van der Waals surface area contributed by atoms with Crippen LogP contribution in [0.4, 0.5) is 30.7 Å². The molecule has 2 saturated carbocycles. The van der Waals surface area contributed by atoms with Crippen LogP contribution in [-0.4, -0.2) is 39.8 Å². The van der Waals surface area contributed by atoms with Crippen LogP contribution in [0.3, 0.4) is 0 Å². The number of rotatable bonds is 5. The first-order valence-electron chi connectivity index (χ1n) is 12.4. The molecule has 39 heavy (non-hydrogen) atoms. The lowest BCUT2D eigenvalue weighted by Gasteiger charge is -2.59. The molecule has 1 saturated heterocycles. The van der Waals surface area contributed by atoms with Gasteiger partial charge in [0.1, 0.15) is 11.6 Å². The Morgan fingerprint density at radius 1 is 0.949 bits per heavy atom. The molecule has 1 aromatic heterocycles. The quantitative estimate of drug-likeness (QED) is 0.329. The van der Waals surface area contributed by atoms with E-state index in [4.69, 9.17) is 4.74 Å². The molecule has 1 amide bonds. The van der Waals surface area contributed by atoms with Crippen molar-refractivity contribution in [3.63, 3.8) is 0 Å². The van der Waals surface area contributed by atoms with E-state index in [9.17, 15) is 35.5 Å². The Kier molecular flexibility index (Phi) is 5.74. The highest BCUT2D eigenvalue weighted by atomic mass is 19.4. The third-order valence-electron chi connectivity index (χ3n) is 7.55. The minimum atomic E-state index is -4.83. The van der Waals surface area contributed by atoms with Crippen LogP contribution in [-0.2, 0) is 12.4 Å². The summed E-state index contributed by atoms with van der Waals surface area (Å²) in [5.41, 5.74) is -3.07. The van der Waals surface area contributed by atoms with Crippen LogP contribution in [0.15, 0.2) is 48.5 Å². The molecule has 3 aromatic rings. The van der Waals surface area contributed by atoms with Crippen LogP contribution < -0.4 is 4.74 Å². The Bertz CT molecular complexity index is 1430. The highest BCUT2D eigenvalue weighted by molar-refractivity contribution is 5.97. The largest absolute Gasteiger partial charge is 0.489 e. The third kappa shape index (κ3) is 4.74. The van der Waals surface area contributed by atoms with Crippen LogP contribution in [0.2, 0.25) is 0 Å². The van der Waals surface area contributed by atoms with Crippen molar-refractivity contribution < 1.29 is 40.3 Å². The average molecular weight is 553 g/mol. The first-order valence-corrected chi connectivity index (χ1v) is 12.4. The highest BCUT2D eigenvalue weighted by Crippen LogP contribution is 2.55. The monoisotopic (exact) mass is 553 g/mol. The summed E-state index contributed by atoms with van der Waals surface area (Å²) in [4.78, 5) is 14.7. The molecular weight excluding hydrogens is 531 g/mol. The molecule has 0 atom stereocenters. The van der Waals surface area contributed by atoms with Gasteiger partial charge in [-0.1, -0.05) is 18.2 Å². The number of alkyl halides is 6. The fourth-order valence-electron chi connectivity index (χ4n) is 5.55. The van der Waals surface area contributed by atoms with E-state index in [1.54, 1.807) is 4.90 Å². The maximum absolute atomic E-state index is 13.7. The number of carbonyl (C=O) groups excluding carboxylic acids is 1. The molecular formula is C27H22F7N3O2. The first kappa shape index (κ1) is 25.7. The zero-order valence-corrected chi connectivity index (χ0v) is 20.3. The van der Waals surface area contributed by atoms with Crippen molar-refractivity contribution in [1.29, 1.82) is 0 Å². The minimum absolute atomic E-state index is 0.0409. The van der Waals surface area contributed by atoms with Crippen molar-refractivity contribution in [3.8, 4) is 17.0 Å². The zero-order valence-electron chi connectivity index (χ0n) is 20.3. The topological polar surface area (TPSA) is 47.4 Å². The fourth-order valence-corrected chi connectivity index (χ4v) is 5.55. The van der Waals surface area contributed by atoms with Crippen molar-refractivity contribution in [2.45, 2.75) is 50.2 Å². The number of hydrogen-bond donors (Lipinski definition) is 0. The van der Waals surface area contributed by atoms with Gasteiger partial charge >= 0.3 is 12.4 Å². The molecule has 0 N–H and O–H groups in total. The first-order chi connectivity index (χ1) is 18.3. The molecule has 2 aromatic carbocycles. The standard InChI is InChI=1S/C27H22F7N3O2/c28-15-5-8-19(22(9-15)39-17-6-7-17)24(38)36-13-25(14-36)11-16(12-25)37-21(10-23(35-37)27(32,33)34)18-3-1-2-4-20(18)26(29,30)31/h1-5,8-10,16-17H,6-7,11-14H2. The van der Waals surface area contributed by atoms with Crippen molar-refractivity contribution in [2.75, 3.05) is 13.1 Å². The minimum Gasteiger partial charge on any atom is -0.489 e. The zero-order chi connectivity index (χ0) is 27.7. The molecule has 12 heteroatoms. The highest BCUT2D eigenvalue weighted by Gasteiger charge is 2.55. The predicted octanol–water partition coefficient (Wildman–Crippen LogP) is 6.75. The second kappa shape index (κ2) is 8.72. The van der Waals surface area contributed by atoms with Gasteiger partial charge in [-0.2, -0.15) is 31.4 Å². The predicted molar refractivity (Wildman–Crippen MR) is 124 cm³/mol. The summed E-state index contributed by atoms with van der Waals surface area (Å²) >= 11 is 0. The average Bonchev–Trinajstić information content (AvgIpc) is 3.50. The van der Waals surface area contributed by atoms with Crippen LogP contribution >= 0.6 is 0 Å². The Balaban J connectivity index is 1.21. The third-order valence-corrected chi connectivity index (χ3v) is 7.55.